The van der Waals surface area contributed by atoms with Crippen LogP contribution in [0.15, 0.2) is 14.6 Å². The molecule has 1 aromatic heterocycles. The summed E-state index contributed by atoms with van der Waals surface area (Å²) in [7, 11) is 4.29. The van der Waals surface area contributed by atoms with E-state index in [4.69, 9.17) is 5.11 Å². The fourth-order valence-electron chi connectivity index (χ4n) is 1.60. The largest absolute Gasteiger partial charge is 0.465 e. The first kappa shape index (κ1) is 14.5. The smallest absolute Gasteiger partial charge is 0.406 e. The minimum absolute atomic E-state index is 0.0859. The maximum absolute atomic E-state index is 12.1. The van der Waals surface area contributed by atoms with Crippen molar-refractivity contribution in [2.75, 3.05) is 18.6 Å². The van der Waals surface area contributed by atoms with Crippen LogP contribution in [0.5, 0.6) is 0 Å². The van der Waals surface area contributed by atoms with Gasteiger partial charge in [-0.05, 0) is 6.72 Å². The number of nitrogens with zero attached hydrogens (tertiary/aromatic N) is 4. The number of nitrogens with one attached hydrogen (secondary N) is 1. The Morgan fingerprint density at radius 3 is 2.47 bits per heavy atom. The minimum atomic E-state index is -1.22. The van der Waals surface area contributed by atoms with Gasteiger partial charge in [-0.3, -0.25) is 13.9 Å². The lowest BCUT2D eigenvalue weighted by atomic mass is 10.4. The molecule has 2 N–H and O–H groups in total. The Morgan fingerprint density at radius 2 is 2.00 bits per heavy atom. The molecule has 0 aliphatic rings. The van der Waals surface area contributed by atoms with E-state index in [9.17, 15) is 14.4 Å². The molecule has 0 fully saturated rings. The molecule has 0 bridgehead atoms. The van der Waals surface area contributed by atoms with Crippen molar-refractivity contribution in [3.8, 4) is 0 Å². The summed E-state index contributed by atoms with van der Waals surface area (Å²) in [5.74, 6) is 0.0859. The fraction of sp³-hybridized carbons (Fsp3) is 0.400. The Hall–Kier alpha value is -2.58. The molecule has 0 unspecified atom stereocenters. The van der Waals surface area contributed by atoms with Crippen LogP contribution in [0.25, 0.3) is 0 Å². The molecule has 0 aliphatic heterocycles. The SMILES string of the molecule is C=Nc1c(N(C)CNC(=O)O)c(=O)n(C)c(=O)n1C. The summed E-state index contributed by atoms with van der Waals surface area (Å²) in [6, 6.07) is 0. The van der Waals surface area contributed by atoms with Crippen LogP contribution >= 0.6 is 0 Å². The fourth-order valence-corrected chi connectivity index (χ4v) is 1.60. The summed E-state index contributed by atoms with van der Waals surface area (Å²) in [5, 5.41) is 10.7. The standard InChI is InChI=1S/C10H15N5O4/c1-11-7-6(13(2)5-12-9(17)18)8(16)15(4)10(19)14(7)3/h12H,1,5H2,2-4H3,(H,17,18). The Bertz CT molecular complexity index is 630. The van der Waals surface area contributed by atoms with E-state index in [2.05, 4.69) is 17.0 Å². The average molecular weight is 269 g/mol. The molecule has 0 atom stereocenters. The van der Waals surface area contributed by atoms with Gasteiger partial charge < -0.3 is 15.3 Å². The number of hydrogen-bond donors (Lipinski definition) is 2. The Balaban J connectivity index is 3.42. The number of amides is 1. The van der Waals surface area contributed by atoms with E-state index in [1.165, 1.54) is 30.6 Å². The zero-order valence-corrected chi connectivity index (χ0v) is 10.9. The summed E-state index contributed by atoms with van der Waals surface area (Å²) >= 11 is 0. The molecule has 9 nitrogen and oxygen atoms in total. The summed E-state index contributed by atoms with van der Waals surface area (Å²) in [6.45, 7) is 3.20. The summed E-state index contributed by atoms with van der Waals surface area (Å²) in [5.41, 5.74) is -1.01. The molecule has 0 saturated carbocycles. The molecule has 1 aromatic rings. The Morgan fingerprint density at radius 1 is 1.42 bits per heavy atom. The molecule has 1 rings (SSSR count). The van der Waals surface area contributed by atoms with Gasteiger partial charge in [-0.25, -0.2) is 14.6 Å². The van der Waals surface area contributed by atoms with Crippen molar-refractivity contribution < 1.29 is 9.90 Å². The molecule has 9 heteroatoms. The van der Waals surface area contributed by atoms with Crippen molar-refractivity contribution in [1.82, 2.24) is 14.5 Å². The van der Waals surface area contributed by atoms with Crippen molar-refractivity contribution >= 4 is 24.3 Å². The van der Waals surface area contributed by atoms with Gasteiger partial charge in [0.1, 0.15) is 5.69 Å². The minimum Gasteiger partial charge on any atom is -0.465 e. The second kappa shape index (κ2) is 5.38. The highest BCUT2D eigenvalue weighted by molar-refractivity contribution is 5.67. The van der Waals surface area contributed by atoms with E-state index in [0.717, 1.165) is 4.57 Å². The van der Waals surface area contributed by atoms with Gasteiger partial charge in [0.2, 0.25) is 0 Å². The van der Waals surface area contributed by atoms with Gasteiger partial charge in [0, 0.05) is 21.1 Å². The molecule has 0 aliphatic carbocycles. The molecule has 0 saturated heterocycles. The third kappa shape index (κ3) is 2.64. The van der Waals surface area contributed by atoms with Crippen LogP contribution in [-0.2, 0) is 14.1 Å². The van der Waals surface area contributed by atoms with E-state index in [-0.39, 0.29) is 18.2 Å². The lowest BCUT2D eigenvalue weighted by molar-refractivity contribution is 0.194. The molecular weight excluding hydrogens is 254 g/mol. The average Bonchev–Trinajstić information content (AvgIpc) is 2.37. The first-order chi connectivity index (χ1) is 8.81. The van der Waals surface area contributed by atoms with Crippen molar-refractivity contribution in [3.63, 3.8) is 0 Å². The van der Waals surface area contributed by atoms with Gasteiger partial charge in [0.05, 0.1) is 6.67 Å². The van der Waals surface area contributed by atoms with Crippen LogP contribution in [0.4, 0.5) is 16.3 Å². The highest BCUT2D eigenvalue weighted by Gasteiger charge is 2.18. The van der Waals surface area contributed by atoms with Crippen molar-refractivity contribution in [1.29, 1.82) is 0 Å². The zero-order chi connectivity index (χ0) is 14.7. The lowest BCUT2D eigenvalue weighted by Gasteiger charge is -2.21. The van der Waals surface area contributed by atoms with Crippen molar-refractivity contribution in [2.24, 2.45) is 19.1 Å². The number of rotatable bonds is 4. The number of aliphatic imine (C=N–C) groups is 1. The third-order valence-electron chi connectivity index (χ3n) is 2.61. The van der Waals surface area contributed by atoms with Gasteiger partial charge in [-0.2, -0.15) is 0 Å². The predicted octanol–water partition coefficient (Wildman–Crippen LogP) is -0.923. The third-order valence-corrected chi connectivity index (χ3v) is 2.61. The van der Waals surface area contributed by atoms with Crippen LogP contribution in [0.3, 0.4) is 0 Å². The summed E-state index contributed by atoms with van der Waals surface area (Å²) in [6.07, 6.45) is -1.22. The Labute approximate surface area is 108 Å². The summed E-state index contributed by atoms with van der Waals surface area (Å²) < 4.78 is 2.09. The predicted molar refractivity (Wildman–Crippen MR) is 70.6 cm³/mol. The first-order valence-corrected chi connectivity index (χ1v) is 5.26. The van der Waals surface area contributed by atoms with Crippen LogP contribution in [0.1, 0.15) is 0 Å². The topological polar surface area (TPSA) is 109 Å². The van der Waals surface area contributed by atoms with Gasteiger partial charge in [-0.15, -0.1) is 0 Å². The molecule has 1 heterocycles. The van der Waals surface area contributed by atoms with Crippen molar-refractivity contribution in [2.45, 2.75) is 0 Å². The molecule has 1 amide bonds. The van der Waals surface area contributed by atoms with E-state index < -0.39 is 17.3 Å². The van der Waals surface area contributed by atoms with Gasteiger partial charge in [0.25, 0.3) is 5.56 Å². The van der Waals surface area contributed by atoms with Gasteiger partial charge in [-0.1, -0.05) is 0 Å². The number of hydrogen-bond acceptors (Lipinski definition) is 5. The van der Waals surface area contributed by atoms with Crippen LogP contribution < -0.4 is 21.5 Å². The van der Waals surface area contributed by atoms with Crippen LogP contribution in [0, 0.1) is 0 Å². The molecule has 104 valence electrons. The normalized spacial score (nSPS) is 10.1. The van der Waals surface area contributed by atoms with Gasteiger partial charge in [0.15, 0.2) is 5.82 Å². The maximum atomic E-state index is 12.1. The number of aromatic nitrogens is 2. The van der Waals surface area contributed by atoms with Crippen LogP contribution in [0.2, 0.25) is 0 Å². The molecule has 0 aromatic carbocycles. The second-order valence-electron chi connectivity index (χ2n) is 3.87. The van der Waals surface area contributed by atoms with E-state index >= 15 is 0 Å². The molecule has 19 heavy (non-hydrogen) atoms. The quantitative estimate of drug-likeness (QED) is 0.542. The number of carbonyl (C=O) groups is 1. The molecular formula is C10H15N5O4. The number of anilines is 1. The highest BCUT2D eigenvalue weighted by Crippen LogP contribution is 2.20. The zero-order valence-electron chi connectivity index (χ0n) is 10.9. The second-order valence-corrected chi connectivity index (χ2v) is 3.87. The summed E-state index contributed by atoms with van der Waals surface area (Å²) in [4.78, 5) is 39.2. The first-order valence-electron chi connectivity index (χ1n) is 5.26. The Kier molecular flexibility index (Phi) is 4.10. The van der Waals surface area contributed by atoms with E-state index in [1.54, 1.807) is 0 Å². The van der Waals surface area contributed by atoms with Crippen LogP contribution in [-0.4, -0.2) is 40.8 Å². The van der Waals surface area contributed by atoms with Crippen molar-refractivity contribution in [3.05, 3.63) is 20.8 Å². The molecule has 0 radical (unpaired) electrons. The maximum Gasteiger partial charge on any atom is 0.406 e. The van der Waals surface area contributed by atoms with Gasteiger partial charge >= 0.3 is 11.8 Å². The monoisotopic (exact) mass is 269 g/mol. The molecule has 0 spiro atoms. The lowest BCUT2D eigenvalue weighted by Crippen LogP contribution is -2.43. The highest BCUT2D eigenvalue weighted by atomic mass is 16.4. The van der Waals surface area contributed by atoms with E-state index in [0.29, 0.717) is 0 Å². The number of carboxylic acid groups (broad SMARTS) is 1. The van der Waals surface area contributed by atoms with E-state index in [1.807, 2.05) is 0 Å².